The van der Waals surface area contributed by atoms with Crippen molar-refractivity contribution in [3.8, 4) is 11.1 Å². The number of rotatable bonds is 9. The Bertz CT molecular complexity index is 1660. The molecular formula is C38H28N2S2. The first-order chi connectivity index (χ1) is 20.8. The molecule has 2 nitrogen and oxygen atoms in total. The average Bonchev–Trinajstić information content (AvgIpc) is 3.05. The van der Waals surface area contributed by atoms with E-state index >= 15 is 0 Å². The lowest BCUT2D eigenvalue weighted by atomic mass is 10.1. The molecule has 6 rings (SSSR count). The van der Waals surface area contributed by atoms with Crippen LogP contribution < -0.4 is 0 Å². The lowest BCUT2D eigenvalue weighted by Gasteiger charge is -2.06. The second-order valence-corrected chi connectivity index (χ2v) is 11.7. The zero-order valence-corrected chi connectivity index (χ0v) is 24.5. The Balaban J connectivity index is 1.11. The predicted octanol–water partition coefficient (Wildman–Crippen LogP) is 11.2. The summed E-state index contributed by atoms with van der Waals surface area (Å²) < 4.78 is 0. The van der Waals surface area contributed by atoms with Gasteiger partial charge in [-0.15, -0.1) is 0 Å². The number of aliphatic imine (C=N–C) groups is 2. The number of nitrogens with zero attached hydrogens (tertiary/aromatic N) is 2. The van der Waals surface area contributed by atoms with Crippen molar-refractivity contribution in [1.29, 1.82) is 0 Å². The standard InChI is InChI=1S/C38H28N2S2/c1-3-13-35(14-4-1)41-37-17-9-7-11-31(37)27-39-33-23-19-29(20-24-33)30-21-25-34(26-22-30)40-28-32-12-8-10-18-38(32)42-36-15-5-2-6-16-36/h1-28H. The average molecular weight is 577 g/mol. The molecule has 0 aliphatic heterocycles. The molecule has 0 bridgehead atoms. The molecule has 4 heteroatoms. The normalized spacial score (nSPS) is 11.3. The van der Waals surface area contributed by atoms with E-state index in [-0.39, 0.29) is 0 Å². The van der Waals surface area contributed by atoms with Crippen molar-refractivity contribution in [3.05, 3.63) is 169 Å². The summed E-state index contributed by atoms with van der Waals surface area (Å²) in [4.78, 5) is 14.3. The van der Waals surface area contributed by atoms with E-state index in [1.54, 1.807) is 23.5 Å². The lowest BCUT2D eigenvalue weighted by molar-refractivity contribution is 1.38. The minimum atomic E-state index is 0.923. The molecule has 0 aromatic heterocycles. The Morgan fingerprint density at radius 3 is 1.12 bits per heavy atom. The zero-order chi connectivity index (χ0) is 28.4. The van der Waals surface area contributed by atoms with E-state index in [2.05, 4.69) is 146 Å². The Hall–Kier alpha value is -4.64. The molecule has 0 aliphatic carbocycles. The molecule has 0 heterocycles. The molecule has 0 radical (unpaired) electrons. The smallest absolute Gasteiger partial charge is 0.0630 e. The minimum absolute atomic E-state index is 0.923. The summed E-state index contributed by atoms with van der Waals surface area (Å²) in [5, 5.41) is 0. The van der Waals surface area contributed by atoms with Gasteiger partial charge < -0.3 is 0 Å². The summed E-state index contributed by atoms with van der Waals surface area (Å²) in [6.45, 7) is 0. The van der Waals surface area contributed by atoms with Crippen molar-refractivity contribution >= 4 is 47.3 Å². The van der Waals surface area contributed by atoms with Gasteiger partial charge in [0.2, 0.25) is 0 Å². The lowest BCUT2D eigenvalue weighted by Crippen LogP contribution is -1.85. The van der Waals surface area contributed by atoms with Crippen LogP contribution in [0.2, 0.25) is 0 Å². The van der Waals surface area contributed by atoms with E-state index in [1.807, 2.05) is 24.6 Å². The molecule has 0 saturated heterocycles. The van der Waals surface area contributed by atoms with Crippen molar-refractivity contribution in [2.24, 2.45) is 9.98 Å². The highest BCUT2D eigenvalue weighted by Crippen LogP contribution is 2.31. The quantitative estimate of drug-likeness (QED) is 0.160. The van der Waals surface area contributed by atoms with Crippen molar-refractivity contribution in [1.82, 2.24) is 0 Å². The largest absolute Gasteiger partial charge is 0.256 e. The van der Waals surface area contributed by atoms with Gasteiger partial charge in [-0.3, -0.25) is 9.98 Å². The number of benzene rings is 6. The zero-order valence-electron chi connectivity index (χ0n) is 22.9. The molecular weight excluding hydrogens is 549 g/mol. The first-order valence-electron chi connectivity index (χ1n) is 13.7. The van der Waals surface area contributed by atoms with Crippen LogP contribution in [0.3, 0.4) is 0 Å². The molecule has 6 aromatic carbocycles. The summed E-state index contributed by atoms with van der Waals surface area (Å²) >= 11 is 3.50. The van der Waals surface area contributed by atoms with Gasteiger partial charge >= 0.3 is 0 Å². The first-order valence-corrected chi connectivity index (χ1v) is 15.4. The second kappa shape index (κ2) is 13.8. The minimum Gasteiger partial charge on any atom is -0.256 e. The second-order valence-electron chi connectivity index (χ2n) is 9.52. The fourth-order valence-corrected chi connectivity index (χ4v) is 6.22. The maximum absolute atomic E-state index is 4.76. The molecule has 0 saturated carbocycles. The number of hydrogen-bond donors (Lipinski definition) is 0. The third kappa shape index (κ3) is 7.35. The topological polar surface area (TPSA) is 24.7 Å². The van der Waals surface area contributed by atoms with E-state index in [9.17, 15) is 0 Å². The fraction of sp³-hybridized carbons (Fsp3) is 0. The summed E-state index contributed by atoms with van der Waals surface area (Å²) in [6, 6.07) is 54.3. The summed E-state index contributed by atoms with van der Waals surface area (Å²) in [6.07, 6.45) is 3.90. The molecule has 0 fully saturated rings. The molecule has 0 unspecified atom stereocenters. The number of hydrogen-bond acceptors (Lipinski definition) is 4. The van der Waals surface area contributed by atoms with Crippen LogP contribution in [0.4, 0.5) is 11.4 Å². The summed E-state index contributed by atoms with van der Waals surface area (Å²) in [5.41, 5.74) is 6.35. The van der Waals surface area contributed by atoms with Gasteiger partial charge in [0, 0.05) is 43.1 Å². The van der Waals surface area contributed by atoms with Crippen LogP contribution in [0, 0.1) is 0 Å². The van der Waals surface area contributed by atoms with E-state index in [1.165, 1.54) is 19.6 Å². The van der Waals surface area contributed by atoms with Crippen LogP contribution in [-0.4, -0.2) is 12.4 Å². The van der Waals surface area contributed by atoms with Crippen molar-refractivity contribution in [2.75, 3.05) is 0 Å². The molecule has 0 aliphatic rings. The van der Waals surface area contributed by atoms with Crippen LogP contribution in [0.5, 0.6) is 0 Å². The van der Waals surface area contributed by atoms with Crippen molar-refractivity contribution in [2.45, 2.75) is 19.6 Å². The van der Waals surface area contributed by atoms with Crippen LogP contribution in [0.25, 0.3) is 11.1 Å². The summed E-state index contributed by atoms with van der Waals surface area (Å²) in [5.74, 6) is 0. The molecule has 202 valence electrons. The van der Waals surface area contributed by atoms with E-state index < -0.39 is 0 Å². The molecule has 6 aromatic rings. The van der Waals surface area contributed by atoms with E-state index in [0.29, 0.717) is 0 Å². The van der Waals surface area contributed by atoms with Gasteiger partial charge in [0.05, 0.1) is 11.4 Å². The fourth-order valence-electron chi connectivity index (χ4n) is 4.36. The van der Waals surface area contributed by atoms with Crippen LogP contribution in [0.1, 0.15) is 11.1 Å². The monoisotopic (exact) mass is 576 g/mol. The maximum atomic E-state index is 4.76. The van der Waals surface area contributed by atoms with Crippen LogP contribution in [-0.2, 0) is 0 Å². The van der Waals surface area contributed by atoms with Gasteiger partial charge in [0.25, 0.3) is 0 Å². The summed E-state index contributed by atoms with van der Waals surface area (Å²) in [7, 11) is 0. The maximum Gasteiger partial charge on any atom is 0.0630 e. The van der Waals surface area contributed by atoms with Gasteiger partial charge in [-0.2, -0.15) is 0 Å². The molecule has 0 atom stereocenters. The van der Waals surface area contributed by atoms with Gasteiger partial charge in [-0.05, 0) is 71.8 Å². The molecule has 0 spiro atoms. The van der Waals surface area contributed by atoms with Crippen LogP contribution >= 0.6 is 23.5 Å². The first kappa shape index (κ1) is 27.5. The van der Waals surface area contributed by atoms with Crippen molar-refractivity contribution < 1.29 is 0 Å². The Morgan fingerprint density at radius 2 is 0.714 bits per heavy atom. The highest BCUT2D eigenvalue weighted by molar-refractivity contribution is 7.99. The molecule has 42 heavy (non-hydrogen) atoms. The third-order valence-corrected chi connectivity index (χ3v) is 8.75. The van der Waals surface area contributed by atoms with Crippen LogP contribution in [0.15, 0.2) is 187 Å². The molecule has 0 N–H and O–H groups in total. The highest BCUT2D eigenvalue weighted by Gasteiger charge is 2.04. The van der Waals surface area contributed by atoms with Gasteiger partial charge in [0.1, 0.15) is 0 Å². The van der Waals surface area contributed by atoms with Gasteiger partial charge in [-0.1, -0.05) is 121 Å². The van der Waals surface area contributed by atoms with Gasteiger partial charge in [-0.25, -0.2) is 0 Å². The van der Waals surface area contributed by atoms with Gasteiger partial charge in [0.15, 0.2) is 0 Å². The highest BCUT2D eigenvalue weighted by atomic mass is 32.2. The SMILES string of the molecule is C(=Nc1ccc(-c2ccc(N=Cc3ccccc3Sc3ccccc3)cc2)cc1)c1ccccc1Sc1ccccc1. The van der Waals surface area contributed by atoms with E-state index in [4.69, 9.17) is 9.98 Å². The van der Waals surface area contributed by atoms with E-state index in [0.717, 1.165) is 33.6 Å². The Morgan fingerprint density at radius 1 is 0.357 bits per heavy atom. The van der Waals surface area contributed by atoms with Crippen molar-refractivity contribution in [3.63, 3.8) is 0 Å². The predicted molar refractivity (Wildman–Crippen MR) is 180 cm³/mol. The Kier molecular flexibility index (Phi) is 9.06. The third-order valence-electron chi connectivity index (χ3n) is 6.55. The molecule has 0 amide bonds. The Labute approximate surface area is 255 Å².